The molecular formula is C13H16F4N2. The number of nitrogens with one attached hydrogen (secondary N) is 1. The molecule has 2 nitrogen and oxygen atoms in total. The van der Waals surface area contributed by atoms with Crippen LogP contribution in [-0.4, -0.2) is 30.6 Å². The van der Waals surface area contributed by atoms with Crippen molar-refractivity contribution < 1.29 is 17.6 Å². The molecule has 1 aromatic rings. The van der Waals surface area contributed by atoms with Crippen LogP contribution in [0.15, 0.2) is 18.2 Å². The predicted molar refractivity (Wildman–Crippen MR) is 64.1 cm³/mol. The quantitative estimate of drug-likeness (QED) is 0.835. The molecule has 0 unspecified atom stereocenters. The van der Waals surface area contributed by atoms with Gasteiger partial charge in [-0.25, -0.2) is 4.39 Å². The third-order valence-electron chi connectivity index (χ3n) is 3.31. The molecule has 2 rings (SSSR count). The second-order valence-electron chi connectivity index (χ2n) is 4.87. The predicted octanol–water partition coefficient (Wildman–Crippen LogP) is 2.64. The third kappa shape index (κ3) is 3.67. The topological polar surface area (TPSA) is 15.3 Å². The molecule has 1 atom stereocenters. The third-order valence-corrected chi connectivity index (χ3v) is 3.31. The highest BCUT2D eigenvalue weighted by Crippen LogP contribution is 2.30. The van der Waals surface area contributed by atoms with Crippen LogP contribution in [0.2, 0.25) is 0 Å². The van der Waals surface area contributed by atoms with Gasteiger partial charge in [-0.05, 0) is 30.7 Å². The van der Waals surface area contributed by atoms with Gasteiger partial charge in [0.25, 0.3) is 0 Å². The summed E-state index contributed by atoms with van der Waals surface area (Å²) in [5.41, 5.74) is -0.564. The highest BCUT2D eigenvalue weighted by Gasteiger charge is 2.31. The molecular weight excluding hydrogens is 260 g/mol. The smallest absolute Gasteiger partial charge is 0.314 e. The first-order valence-electron chi connectivity index (χ1n) is 6.17. The van der Waals surface area contributed by atoms with Crippen LogP contribution >= 0.6 is 0 Å². The molecule has 106 valence electrons. The Bertz CT molecular complexity index is 445. The van der Waals surface area contributed by atoms with Crippen LogP contribution in [0.3, 0.4) is 0 Å². The monoisotopic (exact) mass is 276 g/mol. The Hall–Kier alpha value is -1.14. The summed E-state index contributed by atoms with van der Waals surface area (Å²) < 4.78 is 51.1. The second kappa shape index (κ2) is 5.46. The molecule has 1 fully saturated rings. The van der Waals surface area contributed by atoms with Crippen molar-refractivity contribution in [3.05, 3.63) is 35.1 Å². The lowest BCUT2D eigenvalue weighted by Crippen LogP contribution is -2.49. The first-order chi connectivity index (χ1) is 8.86. The van der Waals surface area contributed by atoms with E-state index in [4.69, 9.17) is 0 Å². The molecule has 0 aliphatic carbocycles. The standard InChI is InChI=1S/C13H16F4N2/c1-9-7-18-2-3-19(9)8-10-4-11(13(15,16)17)6-12(14)5-10/h4-6,9,18H,2-3,7-8H2,1H3/t9-/m1/s1. The summed E-state index contributed by atoms with van der Waals surface area (Å²) in [6.07, 6.45) is -4.51. The average molecular weight is 276 g/mol. The normalized spacial score (nSPS) is 21.6. The number of rotatable bonds is 2. The van der Waals surface area contributed by atoms with Gasteiger partial charge in [-0.15, -0.1) is 0 Å². The van der Waals surface area contributed by atoms with Gasteiger partial charge in [0.2, 0.25) is 0 Å². The van der Waals surface area contributed by atoms with E-state index in [9.17, 15) is 17.6 Å². The second-order valence-corrected chi connectivity index (χ2v) is 4.87. The zero-order valence-electron chi connectivity index (χ0n) is 10.6. The van der Waals surface area contributed by atoms with Gasteiger partial charge in [0.1, 0.15) is 5.82 Å². The summed E-state index contributed by atoms with van der Waals surface area (Å²) in [4.78, 5) is 2.05. The van der Waals surface area contributed by atoms with E-state index in [1.54, 1.807) is 0 Å². The highest BCUT2D eigenvalue weighted by molar-refractivity contribution is 5.27. The Labute approximate surface area is 109 Å². The van der Waals surface area contributed by atoms with E-state index in [0.717, 1.165) is 25.7 Å². The summed E-state index contributed by atoms with van der Waals surface area (Å²) in [6.45, 7) is 4.67. The van der Waals surface area contributed by atoms with Gasteiger partial charge in [0, 0.05) is 32.2 Å². The van der Waals surface area contributed by atoms with Crippen LogP contribution in [-0.2, 0) is 12.7 Å². The molecule has 0 spiro atoms. The first-order valence-corrected chi connectivity index (χ1v) is 6.17. The fourth-order valence-electron chi connectivity index (χ4n) is 2.26. The maximum absolute atomic E-state index is 13.3. The fraction of sp³-hybridized carbons (Fsp3) is 0.538. The van der Waals surface area contributed by atoms with Gasteiger partial charge in [0.05, 0.1) is 5.56 Å². The van der Waals surface area contributed by atoms with Gasteiger partial charge in [-0.2, -0.15) is 13.2 Å². The number of benzene rings is 1. The van der Waals surface area contributed by atoms with Crippen LogP contribution in [0.1, 0.15) is 18.1 Å². The van der Waals surface area contributed by atoms with Gasteiger partial charge in [-0.3, -0.25) is 4.90 Å². The average Bonchev–Trinajstić information content (AvgIpc) is 2.30. The molecule has 1 aliphatic rings. The lowest BCUT2D eigenvalue weighted by molar-refractivity contribution is -0.137. The molecule has 1 heterocycles. The molecule has 0 aromatic heterocycles. The Balaban J connectivity index is 2.18. The number of hydrogen-bond acceptors (Lipinski definition) is 2. The summed E-state index contributed by atoms with van der Waals surface area (Å²) in [6, 6.07) is 2.96. The minimum absolute atomic E-state index is 0.228. The van der Waals surface area contributed by atoms with Crippen molar-refractivity contribution in [1.82, 2.24) is 10.2 Å². The van der Waals surface area contributed by atoms with Crippen molar-refractivity contribution in [2.45, 2.75) is 25.7 Å². The number of hydrogen-bond donors (Lipinski definition) is 1. The van der Waals surface area contributed by atoms with Crippen molar-refractivity contribution in [3.8, 4) is 0 Å². The van der Waals surface area contributed by atoms with Crippen molar-refractivity contribution in [2.24, 2.45) is 0 Å². The summed E-state index contributed by atoms with van der Waals surface area (Å²) >= 11 is 0. The lowest BCUT2D eigenvalue weighted by Gasteiger charge is -2.34. The molecule has 19 heavy (non-hydrogen) atoms. The van der Waals surface area contributed by atoms with Crippen LogP contribution < -0.4 is 5.32 Å². The Morgan fingerprint density at radius 3 is 2.68 bits per heavy atom. The van der Waals surface area contributed by atoms with Gasteiger partial charge in [-0.1, -0.05) is 0 Å². The Morgan fingerprint density at radius 1 is 1.32 bits per heavy atom. The van der Waals surface area contributed by atoms with E-state index in [1.807, 2.05) is 11.8 Å². The summed E-state index contributed by atoms with van der Waals surface area (Å²) in [5.74, 6) is -0.840. The maximum atomic E-state index is 13.3. The number of nitrogens with zero attached hydrogens (tertiary/aromatic N) is 1. The van der Waals surface area contributed by atoms with E-state index >= 15 is 0 Å². The molecule has 1 N–H and O–H groups in total. The van der Waals surface area contributed by atoms with E-state index in [1.165, 1.54) is 6.07 Å². The molecule has 6 heteroatoms. The molecule has 1 aliphatic heterocycles. The van der Waals surface area contributed by atoms with Crippen LogP contribution in [0, 0.1) is 5.82 Å². The zero-order chi connectivity index (χ0) is 14.0. The maximum Gasteiger partial charge on any atom is 0.416 e. The van der Waals surface area contributed by atoms with Gasteiger partial charge >= 0.3 is 6.18 Å². The SMILES string of the molecule is C[C@@H]1CNCCN1Cc1cc(F)cc(C(F)(F)F)c1. The molecule has 0 amide bonds. The van der Waals surface area contributed by atoms with Crippen molar-refractivity contribution >= 4 is 0 Å². The van der Waals surface area contributed by atoms with Gasteiger partial charge in [0.15, 0.2) is 0 Å². The van der Waals surface area contributed by atoms with Crippen LogP contribution in [0.5, 0.6) is 0 Å². The van der Waals surface area contributed by atoms with E-state index < -0.39 is 17.6 Å². The zero-order valence-corrected chi connectivity index (χ0v) is 10.6. The van der Waals surface area contributed by atoms with Crippen molar-refractivity contribution in [2.75, 3.05) is 19.6 Å². The van der Waals surface area contributed by atoms with E-state index in [2.05, 4.69) is 5.32 Å². The largest absolute Gasteiger partial charge is 0.416 e. The number of halogens is 4. The van der Waals surface area contributed by atoms with Crippen LogP contribution in [0.4, 0.5) is 17.6 Å². The minimum Gasteiger partial charge on any atom is -0.314 e. The van der Waals surface area contributed by atoms with Crippen LogP contribution in [0.25, 0.3) is 0 Å². The highest BCUT2D eigenvalue weighted by atomic mass is 19.4. The van der Waals surface area contributed by atoms with Crippen molar-refractivity contribution in [3.63, 3.8) is 0 Å². The Morgan fingerprint density at radius 2 is 2.05 bits per heavy atom. The number of alkyl halides is 3. The molecule has 0 bridgehead atoms. The molecule has 1 aromatic carbocycles. The summed E-state index contributed by atoms with van der Waals surface area (Å²) in [7, 11) is 0. The molecule has 0 saturated carbocycles. The number of piperazine rings is 1. The Kier molecular flexibility index (Phi) is 4.10. The van der Waals surface area contributed by atoms with E-state index in [0.29, 0.717) is 18.2 Å². The first kappa shape index (κ1) is 14.3. The van der Waals surface area contributed by atoms with Crippen molar-refractivity contribution in [1.29, 1.82) is 0 Å². The fourth-order valence-corrected chi connectivity index (χ4v) is 2.26. The molecule has 0 radical (unpaired) electrons. The molecule has 1 saturated heterocycles. The van der Waals surface area contributed by atoms with E-state index in [-0.39, 0.29) is 6.04 Å². The van der Waals surface area contributed by atoms with Gasteiger partial charge < -0.3 is 5.32 Å². The summed E-state index contributed by atoms with van der Waals surface area (Å²) in [5, 5.41) is 3.20. The minimum atomic E-state index is -4.51. The lowest BCUT2D eigenvalue weighted by atomic mass is 10.1.